The van der Waals surface area contributed by atoms with Gasteiger partial charge in [0.15, 0.2) is 0 Å². The molecular formula is C23H18N2O2. The van der Waals surface area contributed by atoms with E-state index < -0.39 is 0 Å². The van der Waals surface area contributed by atoms with Crippen molar-refractivity contribution in [2.75, 3.05) is 12.0 Å². The maximum Gasteiger partial charge on any atom is 0.260 e. The van der Waals surface area contributed by atoms with Crippen molar-refractivity contribution in [3.05, 3.63) is 88.6 Å². The van der Waals surface area contributed by atoms with Crippen LogP contribution in [-0.4, -0.2) is 18.0 Å². The van der Waals surface area contributed by atoms with Crippen molar-refractivity contribution in [3.63, 3.8) is 0 Å². The van der Waals surface area contributed by atoms with Crippen LogP contribution in [0.15, 0.2) is 60.8 Å². The summed E-state index contributed by atoms with van der Waals surface area (Å²) < 4.78 is 5.23. The zero-order valence-corrected chi connectivity index (χ0v) is 15.2. The van der Waals surface area contributed by atoms with Crippen molar-refractivity contribution < 1.29 is 9.53 Å². The first-order valence-corrected chi connectivity index (χ1v) is 8.68. The Balaban J connectivity index is 1.61. The molecule has 1 aliphatic heterocycles. The van der Waals surface area contributed by atoms with Gasteiger partial charge in [0.1, 0.15) is 11.6 Å². The van der Waals surface area contributed by atoms with Gasteiger partial charge in [0, 0.05) is 22.9 Å². The van der Waals surface area contributed by atoms with Crippen LogP contribution in [0.25, 0.3) is 0 Å². The van der Waals surface area contributed by atoms with Crippen LogP contribution in [0.2, 0.25) is 0 Å². The fourth-order valence-corrected chi connectivity index (χ4v) is 3.16. The largest absolute Gasteiger partial charge is 0.497 e. The number of nitrogens with zero attached hydrogens (tertiary/aromatic N) is 2. The Bertz CT molecular complexity index is 1080. The van der Waals surface area contributed by atoms with Gasteiger partial charge in [-0.3, -0.25) is 9.69 Å². The topological polar surface area (TPSA) is 42.4 Å². The van der Waals surface area contributed by atoms with Gasteiger partial charge in [-0.05, 0) is 48.4 Å². The zero-order chi connectivity index (χ0) is 18.8. The van der Waals surface area contributed by atoms with E-state index in [1.807, 2.05) is 55.5 Å². The van der Waals surface area contributed by atoms with Gasteiger partial charge in [-0.25, -0.2) is 4.98 Å². The third-order valence-electron chi connectivity index (χ3n) is 4.55. The fraction of sp³-hybridized carbons (Fsp3) is 0.130. The van der Waals surface area contributed by atoms with Gasteiger partial charge in [0.05, 0.1) is 13.7 Å². The van der Waals surface area contributed by atoms with E-state index in [0.717, 1.165) is 22.3 Å². The van der Waals surface area contributed by atoms with E-state index in [4.69, 9.17) is 4.74 Å². The Morgan fingerprint density at radius 3 is 2.56 bits per heavy atom. The maximum atomic E-state index is 12.8. The Morgan fingerprint density at radius 2 is 1.81 bits per heavy atom. The summed E-state index contributed by atoms with van der Waals surface area (Å²) >= 11 is 0. The molecule has 0 spiro atoms. The average Bonchev–Trinajstić information content (AvgIpc) is 3.03. The molecule has 27 heavy (non-hydrogen) atoms. The molecule has 1 aliphatic rings. The summed E-state index contributed by atoms with van der Waals surface area (Å²) in [4.78, 5) is 19.0. The highest BCUT2D eigenvalue weighted by molar-refractivity contribution is 6.10. The SMILES string of the molecule is COc1ccc2c(c1)C(=O)N(c1ncc(C#Cc3ccccc3)cc1C)C2. The van der Waals surface area contributed by atoms with E-state index in [9.17, 15) is 4.79 Å². The van der Waals surface area contributed by atoms with Crippen molar-refractivity contribution in [1.82, 2.24) is 4.98 Å². The van der Waals surface area contributed by atoms with Gasteiger partial charge in [0.2, 0.25) is 0 Å². The number of carbonyl (C=O) groups excluding carboxylic acids is 1. The van der Waals surface area contributed by atoms with E-state index in [2.05, 4.69) is 16.8 Å². The molecule has 1 aromatic heterocycles. The zero-order valence-electron chi connectivity index (χ0n) is 15.2. The van der Waals surface area contributed by atoms with Crippen molar-refractivity contribution in [2.45, 2.75) is 13.5 Å². The Labute approximate surface area is 158 Å². The maximum absolute atomic E-state index is 12.8. The second-order valence-electron chi connectivity index (χ2n) is 6.39. The van der Waals surface area contributed by atoms with Crippen molar-refractivity contribution >= 4 is 11.7 Å². The normalized spacial score (nSPS) is 12.4. The number of hydrogen-bond acceptors (Lipinski definition) is 3. The van der Waals surface area contributed by atoms with E-state index in [1.54, 1.807) is 24.3 Å². The minimum Gasteiger partial charge on any atom is -0.497 e. The van der Waals surface area contributed by atoms with Crippen molar-refractivity contribution in [2.24, 2.45) is 0 Å². The summed E-state index contributed by atoms with van der Waals surface area (Å²) in [7, 11) is 1.60. The standard InChI is InChI=1S/C23H18N2O2/c1-16-12-18(9-8-17-6-4-3-5-7-17)14-24-22(16)25-15-19-10-11-20(27-2)13-21(19)23(25)26/h3-7,10-14H,15H2,1-2H3. The number of anilines is 1. The smallest absolute Gasteiger partial charge is 0.260 e. The molecule has 2 heterocycles. The molecule has 0 aliphatic carbocycles. The summed E-state index contributed by atoms with van der Waals surface area (Å²) in [5, 5.41) is 0. The van der Waals surface area contributed by atoms with Crippen molar-refractivity contribution in [3.8, 4) is 17.6 Å². The Morgan fingerprint density at radius 1 is 1.04 bits per heavy atom. The molecule has 0 atom stereocenters. The molecule has 4 rings (SSSR count). The number of benzene rings is 2. The number of pyridine rings is 1. The van der Waals surface area contributed by atoms with Crippen LogP contribution in [0.1, 0.15) is 32.6 Å². The van der Waals surface area contributed by atoms with Crippen LogP contribution in [0.5, 0.6) is 5.75 Å². The minimum atomic E-state index is -0.0531. The van der Waals surface area contributed by atoms with Crippen LogP contribution in [0, 0.1) is 18.8 Å². The van der Waals surface area contributed by atoms with Crippen molar-refractivity contribution in [1.29, 1.82) is 0 Å². The predicted octanol–water partition coefficient (Wildman–Crippen LogP) is 3.96. The molecule has 0 unspecified atom stereocenters. The highest BCUT2D eigenvalue weighted by Gasteiger charge is 2.30. The average molecular weight is 354 g/mol. The molecule has 1 amide bonds. The first-order valence-electron chi connectivity index (χ1n) is 8.68. The summed E-state index contributed by atoms with van der Waals surface area (Å²) in [6.07, 6.45) is 1.72. The number of aromatic nitrogens is 1. The molecule has 0 saturated carbocycles. The first-order chi connectivity index (χ1) is 13.2. The molecule has 4 heteroatoms. The highest BCUT2D eigenvalue weighted by Crippen LogP contribution is 2.31. The molecule has 132 valence electrons. The van der Waals surface area contributed by atoms with Crippen LogP contribution in [0.3, 0.4) is 0 Å². The molecule has 0 N–H and O–H groups in total. The fourth-order valence-electron chi connectivity index (χ4n) is 3.16. The number of carbonyl (C=O) groups is 1. The lowest BCUT2D eigenvalue weighted by Crippen LogP contribution is -2.25. The number of amides is 1. The van der Waals surface area contributed by atoms with Crippen LogP contribution in [0.4, 0.5) is 5.82 Å². The van der Waals surface area contributed by atoms with Gasteiger partial charge in [-0.15, -0.1) is 0 Å². The third-order valence-corrected chi connectivity index (χ3v) is 4.55. The van der Waals surface area contributed by atoms with Gasteiger partial charge in [0.25, 0.3) is 5.91 Å². The second-order valence-corrected chi connectivity index (χ2v) is 6.39. The molecule has 2 aromatic carbocycles. The third kappa shape index (κ3) is 3.28. The van der Waals surface area contributed by atoms with E-state index in [1.165, 1.54) is 0 Å². The van der Waals surface area contributed by atoms with E-state index >= 15 is 0 Å². The number of hydrogen-bond donors (Lipinski definition) is 0. The lowest BCUT2D eigenvalue weighted by Gasteiger charge is -2.17. The lowest BCUT2D eigenvalue weighted by atomic mass is 10.1. The van der Waals surface area contributed by atoms with Crippen LogP contribution in [-0.2, 0) is 6.54 Å². The lowest BCUT2D eigenvalue weighted by molar-refractivity contribution is 0.0995. The number of ether oxygens (including phenoxy) is 1. The number of aryl methyl sites for hydroxylation is 1. The Hall–Kier alpha value is -3.58. The quantitative estimate of drug-likeness (QED) is 0.654. The summed E-state index contributed by atoms with van der Waals surface area (Å²) in [5.74, 6) is 7.55. The summed E-state index contributed by atoms with van der Waals surface area (Å²) in [6.45, 7) is 2.47. The van der Waals surface area contributed by atoms with Gasteiger partial charge < -0.3 is 4.74 Å². The number of methoxy groups -OCH3 is 1. The molecule has 0 bridgehead atoms. The summed E-state index contributed by atoms with van der Waals surface area (Å²) in [6, 6.07) is 17.4. The number of rotatable bonds is 2. The van der Waals surface area contributed by atoms with Gasteiger partial charge in [-0.2, -0.15) is 0 Å². The van der Waals surface area contributed by atoms with Crippen LogP contribution < -0.4 is 9.64 Å². The van der Waals surface area contributed by atoms with E-state index in [0.29, 0.717) is 23.7 Å². The first kappa shape index (κ1) is 16.9. The Kier molecular flexibility index (Phi) is 4.35. The van der Waals surface area contributed by atoms with Gasteiger partial charge >= 0.3 is 0 Å². The monoisotopic (exact) mass is 354 g/mol. The molecule has 0 saturated heterocycles. The summed E-state index contributed by atoms with van der Waals surface area (Å²) in [5.41, 5.74) is 4.35. The van der Waals surface area contributed by atoms with E-state index in [-0.39, 0.29) is 5.91 Å². The predicted molar refractivity (Wildman–Crippen MR) is 105 cm³/mol. The molecule has 3 aromatic rings. The van der Waals surface area contributed by atoms with Crippen LogP contribution >= 0.6 is 0 Å². The van der Waals surface area contributed by atoms with Gasteiger partial charge in [-0.1, -0.05) is 36.1 Å². The molecule has 0 radical (unpaired) electrons. The molecule has 0 fully saturated rings. The minimum absolute atomic E-state index is 0.0531. The molecular weight excluding hydrogens is 336 g/mol. The second kappa shape index (κ2) is 6.97. The number of fused-ring (bicyclic) bond motifs is 1. The molecule has 4 nitrogen and oxygen atoms in total. The highest BCUT2D eigenvalue weighted by atomic mass is 16.5.